The summed E-state index contributed by atoms with van der Waals surface area (Å²) in [6.45, 7) is 0.0188. The molecule has 0 atom stereocenters. The first kappa shape index (κ1) is 12.9. The van der Waals surface area contributed by atoms with Crippen LogP contribution < -0.4 is 11.1 Å². The zero-order chi connectivity index (χ0) is 8.97. The molecule has 5 heteroatoms. The summed E-state index contributed by atoms with van der Waals surface area (Å²) in [5.41, 5.74) is 5.97. The number of anilines is 1. The van der Waals surface area contributed by atoms with E-state index in [-0.39, 0.29) is 29.4 Å². The molecular weight excluding hydrogens is 347 g/mol. The predicted octanol–water partition coefficient (Wildman–Crippen LogP) is 1.77. The van der Waals surface area contributed by atoms with E-state index in [9.17, 15) is 4.79 Å². The van der Waals surface area contributed by atoms with E-state index in [0.717, 1.165) is 9.26 Å². The number of carbonyl (C=O) groups excluding carboxylic acids is 1. The Kier molecular flexibility index (Phi) is 6.27. The van der Waals surface area contributed by atoms with Gasteiger partial charge >= 0.3 is 0 Å². The number of benzene rings is 1. The van der Waals surface area contributed by atoms with Gasteiger partial charge in [-0.05, 0) is 34.7 Å². The fourth-order valence-electron chi connectivity index (χ4n) is 0.764. The standard InChI is InChI=1S/C8H9IN2O.BrH/c9-6-3-1-2-4-7(6)11-8(12)5-10;/h1-4H,5,10H2,(H,11,12);1H. The molecule has 0 spiro atoms. The highest BCUT2D eigenvalue weighted by Gasteiger charge is 2.00. The Bertz CT molecular complexity index is 293. The molecule has 1 rings (SSSR count). The third-order valence-corrected chi connectivity index (χ3v) is 2.27. The van der Waals surface area contributed by atoms with Crippen LogP contribution in [0.15, 0.2) is 24.3 Å². The van der Waals surface area contributed by atoms with Crippen LogP contribution >= 0.6 is 39.6 Å². The summed E-state index contributed by atoms with van der Waals surface area (Å²) in [7, 11) is 0. The van der Waals surface area contributed by atoms with Crippen LogP contribution in [-0.2, 0) is 4.79 Å². The molecule has 0 aliphatic heterocycles. The molecule has 13 heavy (non-hydrogen) atoms. The van der Waals surface area contributed by atoms with E-state index in [1.807, 2.05) is 24.3 Å². The van der Waals surface area contributed by atoms with Crippen LogP contribution in [0.5, 0.6) is 0 Å². The van der Waals surface area contributed by atoms with Crippen LogP contribution in [0.3, 0.4) is 0 Å². The second kappa shape index (κ2) is 6.33. The molecule has 0 saturated heterocycles. The highest BCUT2D eigenvalue weighted by molar-refractivity contribution is 14.1. The van der Waals surface area contributed by atoms with Crippen LogP contribution in [0.4, 0.5) is 5.69 Å². The van der Waals surface area contributed by atoms with Gasteiger partial charge in [-0.1, -0.05) is 12.1 Å². The van der Waals surface area contributed by atoms with E-state index in [1.165, 1.54) is 0 Å². The Hall–Kier alpha value is -0.140. The molecule has 1 aromatic carbocycles. The van der Waals surface area contributed by atoms with Crippen molar-refractivity contribution in [3.63, 3.8) is 0 Å². The Labute approximate surface area is 101 Å². The van der Waals surface area contributed by atoms with E-state index < -0.39 is 0 Å². The zero-order valence-corrected chi connectivity index (χ0v) is 10.7. The van der Waals surface area contributed by atoms with E-state index in [4.69, 9.17) is 5.73 Å². The average molecular weight is 357 g/mol. The largest absolute Gasteiger partial charge is 0.324 e. The molecule has 0 radical (unpaired) electrons. The summed E-state index contributed by atoms with van der Waals surface area (Å²) in [4.78, 5) is 10.9. The highest BCUT2D eigenvalue weighted by Crippen LogP contribution is 2.16. The highest BCUT2D eigenvalue weighted by atomic mass is 127. The number of para-hydroxylation sites is 1. The van der Waals surface area contributed by atoms with Crippen molar-refractivity contribution in [1.82, 2.24) is 0 Å². The minimum atomic E-state index is -0.167. The first-order chi connectivity index (χ1) is 5.74. The number of rotatable bonds is 2. The predicted molar refractivity (Wildman–Crippen MR) is 67.2 cm³/mol. The molecule has 0 unspecified atom stereocenters. The fraction of sp³-hybridized carbons (Fsp3) is 0.125. The van der Waals surface area contributed by atoms with Gasteiger partial charge in [-0.3, -0.25) is 4.79 Å². The Balaban J connectivity index is 0.00000144. The molecule has 0 aromatic heterocycles. The van der Waals surface area contributed by atoms with Crippen molar-refractivity contribution in [3.8, 4) is 0 Å². The van der Waals surface area contributed by atoms with Gasteiger partial charge in [0, 0.05) is 3.57 Å². The van der Waals surface area contributed by atoms with Gasteiger partial charge in [-0.2, -0.15) is 0 Å². The van der Waals surface area contributed by atoms with Crippen molar-refractivity contribution in [2.45, 2.75) is 0 Å². The zero-order valence-electron chi connectivity index (χ0n) is 6.79. The molecule has 72 valence electrons. The lowest BCUT2D eigenvalue weighted by Crippen LogP contribution is -2.22. The molecule has 3 N–H and O–H groups in total. The van der Waals surface area contributed by atoms with Crippen molar-refractivity contribution in [3.05, 3.63) is 27.8 Å². The van der Waals surface area contributed by atoms with Crippen molar-refractivity contribution >= 4 is 51.2 Å². The monoisotopic (exact) mass is 356 g/mol. The maximum Gasteiger partial charge on any atom is 0.238 e. The van der Waals surface area contributed by atoms with Gasteiger partial charge in [-0.15, -0.1) is 17.0 Å². The molecule has 0 bridgehead atoms. The first-order valence-corrected chi connectivity index (χ1v) is 4.56. The van der Waals surface area contributed by atoms with Crippen LogP contribution in [0.1, 0.15) is 0 Å². The van der Waals surface area contributed by atoms with Gasteiger partial charge < -0.3 is 11.1 Å². The van der Waals surface area contributed by atoms with E-state index in [0.29, 0.717) is 0 Å². The molecule has 0 aliphatic carbocycles. The fourth-order valence-corrected chi connectivity index (χ4v) is 1.29. The van der Waals surface area contributed by atoms with Gasteiger partial charge in [0.1, 0.15) is 0 Å². The molecule has 1 aromatic rings. The molecular formula is C8H10BrIN2O. The third kappa shape index (κ3) is 4.06. The van der Waals surface area contributed by atoms with Gasteiger partial charge in [-0.25, -0.2) is 0 Å². The minimum absolute atomic E-state index is 0. The van der Waals surface area contributed by atoms with Crippen LogP contribution in [-0.4, -0.2) is 12.5 Å². The summed E-state index contributed by atoms with van der Waals surface area (Å²) >= 11 is 2.15. The normalized spacial score (nSPS) is 8.77. The van der Waals surface area contributed by atoms with E-state index in [2.05, 4.69) is 27.9 Å². The molecule has 0 heterocycles. The summed E-state index contributed by atoms with van der Waals surface area (Å²) in [6, 6.07) is 7.55. The Morgan fingerprint density at radius 1 is 1.46 bits per heavy atom. The molecule has 1 amide bonds. The Morgan fingerprint density at radius 2 is 2.08 bits per heavy atom. The average Bonchev–Trinajstić information content (AvgIpc) is 2.09. The van der Waals surface area contributed by atoms with E-state index in [1.54, 1.807) is 0 Å². The van der Waals surface area contributed by atoms with Crippen LogP contribution in [0.25, 0.3) is 0 Å². The number of nitrogens with one attached hydrogen (secondary N) is 1. The minimum Gasteiger partial charge on any atom is -0.324 e. The lowest BCUT2D eigenvalue weighted by Gasteiger charge is -2.04. The van der Waals surface area contributed by atoms with Gasteiger partial charge in [0.15, 0.2) is 0 Å². The lowest BCUT2D eigenvalue weighted by atomic mass is 10.3. The summed E-state index contributed by atoms with van der Waals surface area (Å²) < 4.78 is 1.01. The third-order valence-electron chi connectivity index (χ3n) is 1.33. The van der Waals surface area contributed by atoms with Crippen LogP contribution in [0, 0.1) is 3.57 Å². The lowest BCUT2D eigenvalue weighted by molar-refractivity contribution is -0.114. The van der Waals surface area contributed by atoms with Gasteiger partial charge in [0.25, 0.3) is 0 Å². The Morgan fingerprint density at radius 3 is 2.62 bits per heavy atom. The number of carbonyl (C=O) groups is 1. The van der Waals surface area contributed by atoms with Crippen molar-refractivity contribution < 1.29 is 4.79 Å². The molecule has 0 aliphatic rings. The molecule has 0 saturated carbocycles. The smallest absolute Gasteiger partial charge is 0.238 e. The van der Waals surface area contributed by atoms with E-state index >= 15 is 0 Å². The number of nitrogens with two attached hydrogens (primary N) is 1. The number of amides is 1. The topological polar surface area (TPSA) is 55.1 Å². The van der Waals surface area contributed by atoms with Gasteiger partial charge in [0.05, 0.1) is 12.2 Å². The van der Waals surface area contributed by atoms with Crippen molar-refractivity contribution in [2.24, 2.45) is 5.73 Å². The van der Waals surface area contributed by atoms with Crippen molar-refractivity contribution in [1.29, 1.82) is 0 Å². The summed E-state index contributed by atoms with van der Waals surface area (Å²) in [5, 5.41) is 2.69. The molecule has 0 fully saturated rings. The number of halogens is 2. The van der Waals surface area contributed by atoms with Crippen LogP contribution in [0.2, 0.25) is 0 Å². The number of hydrogen-bond acceptors (Lipinski definition) is 2. The molecule has 3 nitrogen and oxygen atoms in total. The quantitative estimate of drug-likeness (QED) is 0.793. The summed E-state index contributed by atoms with van der Waals surface area (Å²) in [6.07, 6.45) is 0. The van der Waals surface area contributed by atoms with Crippen molar-refractivity contribution in [2.75, 3.05) is 11.9 Å². The maximum atomic E-state index is 10.9. The maximum absolute atomic E-state index is 10.9. The SMILES string of the molecule is Br.NCC(=O)Nc1ccccc1I. The number of hydrogen-bond donors (Lipinski definition) is 2. The summed E-state index contributed by atoms with van der Waals surface area (Å²) in [5.74, 6) is -0.167. The second-order valence-electron chi connectivity index (χ2n) is 2.23. The second-order valence-corrected chi connectivity index (χ2v) is 3.39. The first-order valence-electron chi connectivity index (χ1n) is 3.48. The van der Waals surface area contributed by atoms with Gasteiger partial charge in [0.2, 0.25) is 5.91 Å².